The molecule has 3 aliphatic rings. The van der Waals surface area contributed by atoms with Crippen LogP contribution in [0, 0.1) is 5.41 Å². The second-order valence-corrected chi connectivity index (χ2v) is 11.5. The lowest BCUT2D eigenvalue weighted by molar-refractivity contribution is -0.141. The van der Waals surface area contributed by atoms with E-state index in [9.17, 15) is 18.0 Å². The molecule has 16 heteroatoms. The summed E-state index contributed by atoms with van der Waals surface area (Å²) in [7, 11) is 36.6. The number of carbonyl (C=O) groups excluding carboxylic acids is 1. The molecule has 0 bridgehead atoms. The number of rotatable bonds is 4. The molecule has 2 aromatic rings. The van der Waals surface area contributed by atoms with Gasteiger partial charge in [0.05, 0.1) is 20.2 Å². The van der Waals surface area contributed by atoms with Crippen molar-refractivity contribution in [1.29, 1.82) is 0 Å². The lowest BCUT2D eigenvalue weighted by Crippen LogP contribution is -2.67. The van der Waals surface area contributed by atoms with Gasteiger partial charge in [0, 0.05) is 43.7 Å². The summed E-state index contributed by atoms with van der Waals surface area (Å²) >= 11 is 0. The van der Waals surface area contributed by atoms with E-state index in [0.717, 1.165) is 12.4 Å². The van der Waals surface area contributed by atoms with Crippen LogP contribution in [0.25, 0.3) is 0 Å². The molecular formula is C25H24B6F3N5O2. The summed E-state index contributed by atoms with van der Waals surface area (Å²) < 4.78 is 44.3. The van der Waals surface area contributed by atoms with Crippen molar-refractivity contribution in [3.63, 3.8) is 0 Å². The quantitative estimate of drug-likeness (QED) is 0.406. The third-order valence-corrected chi connectivity index (χ3v) is 8.54. The summed E-state index contributed by atoms with van der Waals surface area (Å²) in [4.78, 5) is 26.0. The van der Waals surface area contributed by atoms with Gasteiger partial charge in [0.15, 0.2) is 5.69 Å². The first-order chi connectivity index (χ1) is 19.1. The van der Waals surface area contributed by atoms with E-state index >= 15 is 0 Å². The van der Waals surface area contributed by atoms with Gasteiger partial charge in [0.25, 0.3) is 0 Å². The number of ether oxygens (including phenoxy) is 1. The van der Waals surface area contributed by atoms with Crippen LogP contribution in [-0.2, 0) is 10.9 Å². The Morgan fingerprint density at radius 1 is 0.951 bits per heavy atom. The monoisotopic (exact) mass is 549 g/mol. The Kier molecular flexibility index (Phi) is 7.79. The standard InChI is InChI=1S/C25H24B6F3N5O2/c1-11-8-39(12(2)7-38(11)15-6-35-14(5-36-15)25(32,33)34)23(40)41-13-3-24(4-13)9-37(10-24)22(31)16-17(26)19(28)21(30)20(29)18(16)27/h5-6,11-13,22H,3-4,7-10H2,1-2H3/t11-,12+,22?/m0/s1. The molecule has 3 heterocycles. The van der Waals surface area contributed by atoms with Crippen LogP contribution >= 0.6 is 0 Å². The molecule has 200 valence electrons. The molecule has 1 amide bonds. The van der Waals surface area contributed by atoms with Crippen LogP contribution in [0.15, 0.2) is 12.4 Å². The molecule has 3 atom stereocenters. The first kappa shape index (κ1) is 30.0. The molecule has 1 spiro atoms. The largest absolute Gasteiger partial charge is 0.446 e. The molecule has 0 N–H and O–H groups in total. The normalized spacial score (nSPS) is 23.6. The number of hydrogen-bond donors (Lipinski definition) is 0. The van der Waals surface area contributed by atoms with E-state index in [-0.39, 0.29) is 50.9 Å². The first-order valence-corrected chi connectivity index (χ1v) is 13.3. The van der Waals surface area contributed by atoms with Crippen molar-refractivity contribution in [2.24, 2.45) is 5.41 Å². The van der Waals surface area contributed by atoms with E-state index in [0.29, 0.717) is 50.4 Å². The van der Waals surface area contributed by atoms with E-state index in [1.165, 1.54) is 0 Å². The smallest absolute Gasteiger partial charge is 0.434 e. The summed E-state index contributed by atoms with van der Waals surface area (Å²) in [5, 5.41) is 0. The number of anilines is 1. The maximum atomic E-state index is 13.0. The minimum atomic E-state index is -4.56. The molecule has 1 aromatic heterocycles. The van der Waals surface area contributed by atoms with E-state index in [4.69, 9.17) is 51.8 Å². The van der Waals surface area contributed by atoms with Gasteiger partial charge in [-0.15, -0.1) is 27.3 Å². The second kappa shape index (κ2) is 10.7. The zero-order valence-corrected chi connectivity index (χ0v) is 22.9. The van der Waals surface area contributed by atoms with Gasteiger partial charge in [0.1, 0.15) is 51.2 Å². The third kappa shape index (κ3) is 5.41. The van der Waals surface area contributed by atoms with Crippen LogP contribution in [-0.4, -0.2) is 117 Å². The van der Waals surface area contributed by atoms with Crippen molar-refractivity contribution in [3.05, 3.63) is 23.7 Å². The Morgan fingerprint density at radius 2 is 1.54 bits per heavy atom. The molecule has 1 saturated carbocycles. The van der Waals surface area contributed by atoms with Crippen molar-refractivity contribution in [3.8, 4) is 0 Å². The number of likely N-dealkylation sites (tertiary alicyclic amines) is 1. The number of benzene rings is 1. The van der Waals surface area contributed by atoms with Gasteiger partial charge < -0.3 is 19.4 Å². The van der Waals surface area contributed by atoms with E-state index in [2.05, 4.69) is 9.97 Å². The number of carbonyl (C=O) groups is 1. The fourth-order valence-electron chi connectivity index (χ4n) is 6.16. The molecule has 41 heavy (non-hydrogen) atoms. The average molecular weight is 548 g/mol. The lowest BCUT2D eigenvalue weighted by Gasteiger charge is -2.60. The van der Waals surface area contributed by atoms with Gasteiger partial charge in [-0.05, 0) is 32.6 Å². The third-order valence-electron chi connectivity index (χ3n) is 8.54. The fraction of sp³-hybridized carbons (Fsp3) is 0.560. The maximum Gasteiger partial charge on any atom is 0.434 e. The van der Waals surface area contributed by atoms with Crippen LogP contribution in [0.4, 0.5) is 23.8 Å². The predicted octanol–water partition coefficient (Wildman–Crippen LogP) is -2.17. The predicted molar refractivity (Wildman–Crippen MR) is 155 cm³/mol. The molecule has 2 aliphatic heterocycles. The van der Waals surface area contributed by atoms with Crippen molar-refractivity contribution in [2.45, 2.75) is 57.0 Å². The summed E-state index contributed by atoms with van der Waals surface area (Å²) in [5.41, 5.74) is 0.277. The SMILES string of the molecule is [B]c1c([B])c([B])c(C([B])N2CC3(CC(OC(=O)N4C[C@H](C)N(c5cnc(C(F)(F)F)cn5)C[C@H]4C)C3)C2)c([B])c1[B]. The zero-order valence-electron chi connectivity index (χ0n) is 22.9. The summed E-state index contributed by atoms with van der Waals surface area (Å²) in [6.07, 6.45) is -1.96. The highest BCUT2D eigenvalue weighted by Crippen LogP contribution is 2.51. The van der Waals surface area contributed by atoms with Crippen molar-refractivity contribution < 1.29 is 22.7 Å². The zero-order chi connectivity index (χ0) is 30.0. The van der Waals surface area contributed by atoms with Crippen LogP contribution in [0.5, 0.6) is 0 Å². The molecule has 1 aliphatic carbocycles. The molecule has 3 fully saturated rings. The van der Waals surface area contributed by atoms with E-state index in [1.54, 1.807) is 4.90 Å². The fourth-order valence-corrected chi connectivity index (χ4v) is 6.16. The lowest BCUT2D eigenvalue weighted by atomic mass is 9.56. The Labute approximate surface area is 245 Å². The molecule has 5 rings (SSSR count). The molecule has 1 unspecified atom stereocenters. The first-order valence-electron chi connectivity index (χ1n) is 13.3. The summed E-state index contributed by atoms with van der Waals surface area (Å²) in [6, 6.07) is -0.444. The van der Waals surface area contributed by atoms with E-state index in [1.807, 2.05) is 23.6 Å². The van der Waals surface area contributed by atoms with E-state index < -0.39 is 23.9 Å². The number of aromatic nitrogens is 2. The molecule has 7 nitrogen and oxygen atoms in total. The van der Waals surface area contributed by atoms with Gasteiger partial charge in [-0.3, -0.25) is 0 Å². The Bertz CT molecular complexity index is 1310. The second-order valence-electron chi connectivity index (χ2n) is 11.5. The van der Waals surface area contributed by atoms with Gasteiger partial charge in [0.2, 0.25) is 0 Å². The number of nitrogens with zero attached hydrogens (tertiary/aromatic N) is 5. The van der Waals surface area contributed by atoms with Crippen LogP contribution in [0.3, 0.4) is 0 Å². The highest BCUT2D eigenvalue weighted by molar-refractivity contribution is 6.67. The molecule has 12 radical (unpaired) electrons. The van der Waals surface area contributed by atoms with Crippen molar-refractivity contribution in [1.82, 2.24) is 19.8 Å². The number of amides is 1. The molecule has 1 aromatic carbocycles. The summed E-state index contributed by atoms with van der Waals surface area (Å²) in [5.74, 6) is -0.285. The van der Waals surface area contributed by atoms with Crippen LogP contribution in [0.1, 0.15) is 43.9 Å². The summed E-state index contributed by atoms with van der Waals surface area (Å²) in [6.45, 7) is 5.79. The van der Waals surface area contributed by atoms with Gasteiger partial charge in [-0.25, -0.2) is 14.8 Å². The Hall–Kier alpha value is -2.49. The van der Waals surface area contributed by atoms with Crippen LogP contribution in [0.2, 0.25) is 0 Å². The highest BCUT2D eigenvalue weighted by Gasteiger charge is 2.55. The highest BCUT2D eigenvalue weighted by atomic mass is 19.4. The van der Waals surface area contributed by atoms with Gasteiger partial charge in [-0.2, -0.15) is 13.2 Å². The van der Waals surface area contributed by atoms with Crippen LogP contribution < -0.4 is 32.2 Å². The Morgan fingerprint density at radius 3 is 2.07 bits per heavy atom. The number of alkyl halides is 3. The minimum Gasteiger partial charge on any atom is -0.446 e. The minimum absolute atomic E-state index is 0.0180. The molecule has 2 saturated heterocycles. The number of hydrogen-bond acceptors (Lipinski definition) is 6. The van der Waals surface area contributed by atoms with Crippen molar-refractivity contribution in [2.75, 3.05) is 31.1 Å². The van der Waals surface area contributed by atoms with Gasteiger partial charge >= 0.3 is 12.3 Å². The van der Waals surface area contributed by atoms with Crippen molar-refractivity contribution >= 4 is 86.3 Å². The number of halogens is 3. The maximum absolute atomic E-state index is 13.0. The topological polar surface area (TPSA) is 61.8 Å². The Balaban J connectivity index is 1.13. The average Bonchev–Trinajstić information content (AvgIpc) is 2.87. The van der Waals surface area contributed by atoms with Gasteiger partial charge in [-0.1, -0.05) is 5.56 Å². The molecular weight excluding hydrogens is 524 g/mol. The number of piperazine rings is 1.